The van der Waals surface area contributed by atoms with Gasteiger partial charge in [-0.1, -0.05) is 11.2 Å². The van der Waals surface area contributed by atoms with E-state index in [0.29, 0.717) is 13.0 Å². The van der Waals surface area contributed by atoms with Crippen molar-refractivity contribution in [3.63, 3.8) is 0 Å². The van der Waals surface area contributed by atoms with E-state index in [1.165, 1.54) is 4.88 Å². The highest BCUT2D eigenvalue weighted by Crippen LogP contribution is 2.39. The van der Waals surface area contributed by atoms with Gasteiger partial charge in [-0.2, -0.15) is 5.10 Å². The first-order chi connectivity index (χ1) is 11.1. The van der Waals surface area contributed by atoms with Crippen LogP contribution in [0.3, 0.4) is 0 Å². The Bertz CT molecular complexity index is 843. The predicted molar refractivity (Wildman–Crippen MR) is 86.7 cm³/mol. The lowest BCUT2D eigenvalue weighted by molar-refractivity contribution is -0.116. The zero-order valence-electron chi connectivity index (χ0n) is 12.9. The number of carbonyl (C=O) groups is 1. The number of amides is 1. The van der Waals surface area contributed by atoms with Gasteiger partial charge in [-0.05, 0) is 25.3 Å². The monoisotopic (exact) mass is 328 g/mol. The second-order valence-electron chi connectivity index (χ2n) is 5.73. The van der Waals surface area contributed by atoms with Crippen molar-refractivity contribution in [3.05, 3.63) is 51.2 Å². The summed E-state index contributed by atoms with van der Waals surface area (Å²) in [6, 6.07) is 4.08. The Morgan fingerprint density at radius 3 is 3.04 bits per heavy atom. The van der Waals surface area contributed by atoms with Gasteiger partial charge in [0.25, 0.3) is 0 Å². The molecule has 0 saturated heterocycles. The molecule has 23 heavy (non-hydrogen) atoms. The smallest absolute Gasteiger partial charge is 0.226 e. The highest BCUT2D eigenvalue weighted by atomic mass is 32.1. The van der Waals surface area contributed by atoms with Gasteiger partial charge in [0.05, 0.1) is 18.4 Å². The van der Waals surface area contributed by atoms with Crippen LogP contribution in [-0.2, 0) is 11.3 Å². The lowest BCUT2D eigenvalue weighted by atomic mass is 9.86. The number of aromatic nitrogens is 3. The molecule has 6 nitrogen and oxygen atoms in total. The molecule has 0 unspecified atom stereocenters. The highest BCUT2D eigenvalue weighted by Gasteiger charge is 2.33. The first-order valence-electron chi connectivity index (χ1n) is 7.44. The Balaban J connectivity index is 1.77. The maximum absolute atomic E-state index is 12.2. The number of hydrogen-bond acceptors (Lipinski definition) is 5. The van der Waals surface area contributed by atoms with E-state index in [1.54, 1.807) is 11.3 Å². The summed E-state index contributed by atoms with van der Waals surface area (Å²) in [6.07, 6.45) is 2.24. The van der Waals surface area contributed by atoms with E-state index in [0.717, 1.165) is 28.4 Å². The van der Waals surface area contributed by atoms with E-state index in [9.17, 15) is 4.79 Å². The van der Waals surface area contributed by atoms with Crippen LogP contribution < -0.4 is 5.32 Å². The summed E-state index contributed by atoms with van der Waals surface area (Å²) >= 11 is 1.68. The number of nitrogens with one attached hydrogen (secondary N) is 1. The number of rotatable bonds is 3. The predicted octanol–water partition coefficient (Wildman–Crippen LogP) is 3.07. The third-order valence-corrected chi connectivity index (χ3v) is 5.07. The highest BCUT2D eigenvalue weighted by molar-refractivity contribution is 7.09. The summed E-state index contributed by atoms with van der Waals surface area (Å²) in [5.74, 6) is 1.48. The van der Waals surface area contributed by atoms with Crippen molar-refractivity contribution in [2.24, 2.45) is 0 Å². The van der Waals surface area contributed by atoms with Gasteiger partial charge in [0.2, 0.25) is 5.91 Å². The van der Waals surface area contributed by atoms with E-state index in [1.807, 2.05) is 36.2 Å². The van der Waals surface area contributed by atoms with Crippen molar-refractivity contribution in [2.45, 2.75) is 32.7 Å². The van der Waals surface area contributed by atoms with Gasteiger partial charge < -0.3 is 9.84 Å². The van der Waals surface area contributed by atoms with Crippen molar-refractivity contribution in [1.29, 1.82) is 0 Å². The van der Waals surface area contributed by atoms with E-state index >= 15 is 0 Å². The molecular weight excluding hydrogens is 312 g/mol. The van der Waals surface area contributed by atoms with Gasteiger partial charge in [-0.15, -0.1) is 11.3 Å². The molecule has 0 aliphatic carbocycles. The maximum atomic E-state index is 12.2. The number of carbonyl (C=O) groups excluding carboxylic acids is 1. The first kappa shape index (κ1) is 14.2. The molecule has 1 N–H and O–H groups in total. The largest absolute Gasteiger partial charge is 0.361 e. The zero-order valence-corrected chi connectivity index (χ0v) is 13.7. The van der Waals surface area contributed by atoms with Crippen LogP contribution in [0.5, 0.6) is 0 Å². The van der Waals surface area contributed by atoms with Gasteiger partial charge in [-0.25, -0.2) is 4.68 Å². The van der Waals surface area contributed by atoms with Crippen molar-refractivity contribution < 1.29 is 9.32 Å². The summed E-state index contributed by atoms with van der Waals surface area (Å²) < 4.78 is 7.13. The SMILES string of the molecule is Cc1noc(C)c1[C@H]1CC(=O)Nc2c1cnn2Cc1cccs1. The van der Waals surface area contributed by atoms with Gasteiger partial charge in [0.15, 0.2) is 0 Å². The second-order valence-corrected chi connectivity index (χ2v) is 6.76. The van der Waals surface area contributed by atoms with E-state index < -0.39 is 0 Å². The summed E-state index contributed by atoms with van der Waals surface area (Å²) in [4.78, 5) is 13.4. The van der Waals surface area contributed by atoms with Crippen LogP contribution in [0.2, 0.25) is 0 Å². The molecule has 3 aromatic rings. The zero-order chi connectivity index (χ0) is 16.0. The van der Waals surface area contributed by atoms with Crippen LogP contribution in [-0.4, -0.2) is 20.8 Å². The molecule has 118 valence electrons. The van der Waals surface area contributed by atoms with Crippen molar-refractivity contribution in [1.82, 2.24) is 14.9 Å². The molecule has 4 rings (SSSR count). The standard InChI is InChI=1S/C16H16N4O2S/c1-9-15(10(2)22-19-9)12-6-14(21)18-16-13(12)7-17-20(16)8-11-4-3-5-23-11/h3-5,7,12H,6,8H2,1-2H3,(H,18,21)/t12-/m0/s1. The fourth-order valence-electron chi connectivity index (χ4n) is 3.19. The Morgan fingerprint density at radius 2 is 2.35 bits per heavy atom. The van der Waals surface area contributed by atoms with Gasteiger partial charge in [0, 0.05) is 28.3 Å². The van der Waals surface area contributed by atoms with Crippen molar-refractivity contribution in [2.75, 3.05) is 5.32 Å². The minimum atomic E-state index is -0.0536. The average molecular weight is 328 g/mol. The third-order valence-electron chi connectivity index (χ3n) is 4.21. The lowest BCUT2D eigenvalue weighted by Gasteiger charge is -2.23. The molecule has 0 aromatic carbocycles. The van der Waals surface area contributed by atoms with Crippen molar-refractivity contribution >= 4 is 23.1 Å². The van der Waals surface area contributed by atoms with Gasteiger partial charge in [-0.3, -0.25) is 4.79 Å². The molecule has 0 radical (unpaired) electrons. The Labute approximate surface area is 137 Å². The fourth-order valence-corrected chi connectivity index (χ4v) is 3.87. The molecule has 1 amide bonds. The van der Waals surface area contributed by atoms with Gasteiger partial charge in [0.1, 0.15) is 11.6 Å². The van der Waals surface area contributed by atoms with Crippen LogP contribution in [0.1, 0.15) is 39.8 Å². The molecule has 0 fully saturated rings. The molecule has 0 saturated carbocycles. The number of aryl methyl sites for hydroxylation is 2. The number of anilines is 1. The minimum Gasteiger partial charge on any atom is -0.361 e. The van der Waals surface area contributed by atoms with Crippen LogP contribution in [0.25, 0.3) is 0 Å². The number of nitrogens with zero attached hydrogens (tertiary/aromatic N) is 3. The van der Waals surface area contributed by atoms with Crippen LogP contribution in [0.4, 0.5) is 5.82 Å². The Kier molecular flexibility index (Phi) is 3.30. The van der Waals surface area contributed by atoms with Gasteiger partial charge >= 0.3 is 0 Å². The summed E-state index contributed by atoms with van der Waals surface area (Å²) in [6.45, 7) is 4.45. The van der Waals surface area contributed by atoms with Crippen molar-refractivity contribution in [3.8, 4) is 0 Å². The summed E-state index contributed by atoms with van der Waals surface area (Å²) in [5, 5.41) is 13.5. The molecular formula is C16H16N4O2S. The van der Waals surface area contributed by atoms with E-state index in [2.05, 4.69) is 21.6 Å². The average Bonchev–Trinajstić information content (AvgIpc) is 3.22. The molecule has 3 aromatic heterocycles. The van der Waals surface area contributed by atoms with E-state index in [4.69, 9.17) is 4.52 Å². The molecule has 1 atom stereocenters. The Hall–Kier alpha value is -2.41. The molecule has 1 aliphatic rings. The summed E-state index contributed by atoms with van der Waals surface area (Å²) in [5.41, 5.74) is 2.85. The molecule has 0 bridgehead atoms. The van der Waals surface area contributed by atoms with Crippen LogP contribution >= 0.6 is 11.3 Å². The molecule has 1 aliphatic heterocycles. The number of thiophene rings is 1. The molecule has 0 spiro atoms. The quantitative estimate of drug-likeness (QED) is 0.802. The molecule has 4 heterocycles. The molecule has 7 heteroatoms. The topological polar surface area (TPSA) is 73.0 Å². The number of fused-ring (bicyclic) bond motifs is 1. The minimum absolute atomic E-state index is 0.00423. The normalized spacial score (nSPS) is 17.1. The maximum Gasteiger partial charge on any atom is 0.226 e. The van der Waals surface area contributed by atoms with Crippen LogP contribution in [0.15, 0.2) is 28.2 Å². The second kappa shape index (κ2) is 5.34. The lowest BCUT2D eigenvalue weighted by Crippen LogP contribution is -2.25. The number of hydrogen-bond donors (Lipinski definition) is 1. The van der Waals surface area contributed by atoms with E-state index in [-0.39, 0.29) is 11.8 Å². The first-order valence-corrected chi connectivity index (χ1v) is 8.32. The third kappa shape index (κ3) is 2.37. The fraction of sp³-hybridized carbons (Fsp3) is 0.312. The van der Waals surface area contributed by atoms with Crippen LogP contribution in [0, 0.1) is 13.8 Å². The summed E-state index contributed by atoms with van der Waals surface area (Å²) in [7, 11) is 0. The Morgan fingerprint density at radius 1 is 1.48 bits per heavy atom.